The third-order valence-electron chi connectivity index (χ3n) is 1.42. The van der Waals surface area contributed by atoms with E-state index >= 15 is 0 Å². The summed E-state index contributed by atoms with van der Waals surface area (Å²) >= 11 is 7.16. The second kappa shape index (κ2) is 3.97. The van der Waals surface area contributed by atoms with E-state index < -0.39 is 4.92 Å². The van der Waals surface area contributed by atoms with Crippen molar-refractivity contribution in [1.82, 2.24) is 0 Å². The highest BCUT2D eigenvalue weighted by Crippen LogP contribution is 2.36. The van der Waals surface area contributed by atoms with Crippen molar-refractivity contribution in [3.05, 3.63) is 26.7 Å². The van der Waals surface area contributed by atoms with Gasteiger partial charge in [0.1, 0.15) is 0 Å². The van der Waals surface area contributed by atoms with Crippen molar-refractivity contribution in [3.8, 4) is 5.75 Å². The lowest BCUT2D eigenvalue weighted by Crippen LogP contribution is -1.94. The summed E-state index contributed by atoms with van der Waals surface area (Å²) in [5.41, 5.74) is -0.117. The monoisotopic (exact) mass is 263 g/mol. The highest BCUT2D eigenvalue weighted by Gasteiger charge is 2.19. The number of hydrogen-bond donors (Lipinski definition) is 1. The van der Waals surface area contributed by atoms with Crippen LogP contribution in [0.25, 0.3) is 0 Å². The van der Waals surface area contributed by atoms with Crippen molar-refractivity contribution in [2.75, 3.05) is 7.11 Å². The Morgan fingerprint density at radius 2 is 2.23 bits per heavy atom. The predicted octanol–water partition coefficient (Wildman–Crippen LogP) is 2.65. The molecule has 0 bridgehead atoms. The fraction of sp³-hybridized carbons (Fsp3) is 0.143. The van der Waals surface area contributed by atoms with Crippen molar-refractivity contribution in [1.29, 1.82) is 0 Å². The molecule has 1 aromatic carbocycles. The van der Waals surface area contributed by atoms with Gasteiger partial charge in [-0.05, 0) is 6.07 Å². The van der Waals surface area contributed by atoms with Crippen LogP contribution >= 0.6 is 28.6 Å². The highest BCUT2D eigenvalue weighted by molar-refractivity contribution is 9.10. The first-order valence-corrected chi connectivity index (χ1v) is 4.51. The van der Waals surface area contributed by atoms with Crippen molar-refractivity contribution in [2.45, 2.75) is 4.90 Å². The molecule has 0 spiro atoms. The molecule has 0 saturated carbocycles. The van der Waals surface area contributed by atoms with Gasteiger partial charge in [0.25, 0.3) is 0 Å². The fourth-order valence-electron chi connectivity index (χ4n) is 0.900. The molecule has 1 aromatic rings. The molecule has 0 aliphatic carbocycles. The first-order chi connectivity index (χ1) is 6.06. The smallest absolute Gasteiger partial charge is 0.324 e. The van der Waals surface area contributed by atoms with Crippen LogP contribution in [0.5, 0.6) is 5.75 Å². The van der Waals surface area contributed by atoms with Crippen LogP contribution in [-0.2, 0) is 0 Å². The lowest BCUT2D eigenvalue weighted by atomic mass is 10.3. The average Bonchev–Trinajstić information content (AvgIpc) is 2.01. The molecule has 0 heterocycles. The van der Waals surface area contributed by atoms with E-state index in [0.29, 0.717) is 4.47 Å². The quantitative estimate of drug-likeness (QED) is 0.507. The van der Waals surface area contributed by atoms with Crippen LogP contribution < -0.4 is 4.74 Å². The van der Waals surface area contributed by atoms with Crippen LogP contribution in [0.2, 0.25) is 0 Å². The van der Waals surface area contributed by atoms with Crippen LogP contribution in [0, 0.1) is 10.1 Å². The van der Waals surface area contributed by atoms with E-state index in [0.717, 1.165) is 0 Å². The predicted molar refractivity (Wildman–Crippen MR) is 54.6 cm³/mol. The number of nitrogens with zero attached hydrogens (tertiary/aromatic N) is 1. The second-order valence-corrected chi connectivity index (χ2v) is 3.63. The number of methoxy groups -OCH3 is 1. The number of halogens is 1. The lowest BCUT2D eigenvalue weighted by molar-refractivity contribution is -0.388. The Morgan fingerprint density at radius 1 is 1.62 bits per heavy atom. The van der Waals surface area contributed by atoms with Crippen molar-refractivity contribution in [3.63, 3.8) is 0 Å². The van der Waals surface area contributed by atoms with Gasteiger partial charge in [0.05, 0.1) is 16.9 Å². The average molecular weight is 264 g/mol. The van der Waals surface area contributed by atoms with E-state index in [2.05, 4.69) is 28.6 Å². The van der Waals surface area contributed by atoms with Gasteiger partial charge in [0.2, 0.25) is 0 Å². The maximum absolute atomic E-state index is 10.6. The van der Waals surface area contributed by atoms with Gasteiger partial charge in [-0.3, -0.25) is 10.1 Å². The normalized spacial score (nSPS) is 9.77. The molecule has 0 fully saturated rings. The zero-order valence-electron chi connectivity index (χ0n) is 6.65. The molecule has 0 aromatic heterocycles. The molecular formula is C7H6BrNO3S. The minimum absolute atomic E-state index is 0.117. The van der Waals surface area contributed by atoms with Gasteiger partial charge in [-0.1, -0.05) is 15.9 Å². The van der Waals surface area contributed by atoms with Gasteiger partial charge < -0.3 is 4.74 Å². The molecular weight excluding hydrogens is 258 g/mol. The number of benzene rings is 1. The Balaban J connectivity index is 3.38. The standard InChI is InChI=1S/C7H6BrNO3S/c1-12-5-2-4(8)3-6(13)7(5)9(10)11/h2-3,13H,1H3. The summed E-state index contributed by atoms with van der Waals surface area (Å²) in [7, 11) is 1.38. The molecule has 6 heteroatoms. The van der Waals surface area contributed by atoms with Gasteiger partial charge in [0, 0.05) is 10.5 Å². The summed E-state index contributed by atoms with van der Waals surface area (Å²) < 4.78 is 5.54. The minimum Gasteiger partial charge on any atom is -0.490 e. The summed E-state index contributed by atoms with van der Waals surface area (Å²) in [5.74, 6) is 0.198. The van der Waals surface area contributed by atoms with Crippen LogP contribution in [-0.4, -0.2) is 12.0 Å². The first kappa shape index (κ1) is 10.3. The largest absolute Gasteiger partial charge is 0.490 e. The summed E-state index contributed by atoms with van der Waals surface area (Å²) in [6, 6.07) is 3.07. The van der Waals surface area contributed by atoms with Gasteiger partial charge in [-0.2, -0.15) is 0 Å². The van der Waals surface area contributed by atoms with E-state index in [9.17, 15) is 10.1 Å². The van der Waals surface area contributed by atoms with Gasteiger partial charge in [0.15, 0.2) is 5.75 Å². The van der Waals surface area contributed by atoms with E-state index in [4.69, 9.17) is 4.74 Å². The Hall–Kier alpha value is -0.750. The first-order valence-electron chi connectivity index (χ1n) is 3.27. The van der Waals surface area contributed by atoms with Gasteiger partial charge in [-0.25, -0.2) is 0 Å². The molecule has 0 atom stereocenters. The van der Waals surface area contributed by atoms with Gasteiger partial charge >= 0.3 is 5.69 Å². The number of rotatable bonds is 2. The highest BCUT2D eigenvalue weighted by atomic mass is 79.9. The van der Waals surface area contributed by atoms with Crippen LogP contribution in [0.15, 0.2) is 21.5 Å². The molecule has 0 saturated heterocycles. The second-order valence-electron chi connectivity index (χ2n) is 2.23. The SMILES string of the molecule is COc1cc(Br)cc(S)c1[N+](=O)[O-]. The minimum atomic E-state index is -0.520. The number of nitro benzene ring substituents is 1. The zero-order valence-corrected chi connectivity index (χ0v) is 9.13. The Kier molecular flexibility index (Phi) is 3.16. The Morgan fingerprint density at radius 3 is 2.69 bits per heavy atom. The van der Waals surface area contributed by atoms with Crippen LogP contribution in [0.4, 0.5) is 5.69 Å². The summed E-state index contributed by atoms with van der Waals surface area (Å²) in [5, 5.41) is 10.6. The number of thiol groups is 1. The molecule has 0 aliphatic rings. The molecule has 1 rings (SSSR count). The fourth-order valence-corrected chi connectivity index (χ4v) is 1.84. The van der Waals surface area contributed by atoms with Crippen LogP contribution in [0.1, 0.15) is 0 Å². The van der Waals surface area contributed by atoms with Crippen molar-refractivity contribution < 1.29 is 9.66 Å². The molecule has 0 unspecified atom stereocenters. The van der Waals surface area contributed by atoms with Crippen molar-refractivity contribution in [2.24, 2.45) is 0 Å². The zero-order chi connectivity index (χ0) is 10.0. The summed E-state index contributed by atoms with van der Waals surface area (Å²) in [6.07, 6.45) is 0. The lowest BCUT2D eigenvalue weighted by Gasteiger charge is -2.03. The third-order valence-corrected chi connectivity index (χ3v) is 2.22. The maximum atomic E-state index is 10.6. The Bertz CT molecular complexity index is 356. The number of hydrogen-bond acceptors (Lipinski definition) is 4. The summed E-state index contributed by atoms with van der Waals surface area (Å²) in [4.78, 5) is 10.3. The number of ether oxygens (including phenoxy) is 1. The Labute approximate surface area is 88.6 Å². The molecule has 70 valence electrons. The topological polar surface area (TPSA) is 52.4 Å². The van der Waals surface area contributed by atoms with E-state index in [-0.39, 0.29) is 16.3 Å². The maximum Gasteiger partial charge on any atom is 0.324 e. The molecule has 4 nitrogen and oxygen atoms in total. The number of nitro groups is 1. The molecule has 13 heavy (non-hydrogen) atoms. The van der Waals surface area contributed by atoms with Crippen LogP contribution in [0.3, 0.4) is 0 Å². The molecule has 0 aliphatic heterocycles. The van der Waals surface area contributed by atoms with E-state index in [1.807, 2.05) is 0 Å². The third kappa shape index (κ3) is 2.13. The van der Waals surface area contributed by atoms with Crippen molar-refractivity contribution >= 4 is 34.2 Å². The molecule has 0 N–H and O–H groups in total. The van der Waals surface area contributed by atoms with E-state index in [1.165, 1.54) is 13.2 Å². The summed E-state index contributed by atoms with van der Waals surface area (Å²) in [6.45, 7) is 0. The van der Waals surface area contributed by atoms with E-state index in [1.54, 1.807) is 6.07 Å². The molecule has 0 amide bonds. The van der Waals surface area contributed by atoms with Gasteiger partial charge in [-0.15, -0.1) is 12.6 Å². The molecule has 0 radical (unpaired) electrons.